The number of hydrogen-bond donors (Lipinski definition) is 1. The lowest BCUT2D eigenvalue weighted by atomic mass is 9.54. The number of benzene rings is 1. The highest BCUT2D eigenvalue weighted by Crippen LogP contribution is 2.55. The molecule has 2 heterocycles. The monoisotopic (exact) mass is 313 g/mol. The van der Waals surface area contributed by atoms with Gasteiger partial charge in [0, 0.05) is 18.0 Å². The molecule has 2 bridgehead atoms. The second kappa shape index (κ2) is 5.09. The molecular formula is C20H27NO2. The van der Waals surface area contributed by atoms with E-state index in [0.717, 1.165) is 39.0 Å². The van der Waals surface area contributed by atoms with Crippen LogP contribution in [-0.4, -0.2) is 41.3 Å². The van der Waals surface area contributed by atoms with Gasteiger partial charge in [-0.3, -0.25) is 4.90 Å². The van der Waals surface area contributed by atoms with E-state index in [-0.39, 0.29) is 11.0 Å². The number of piperidine rings is 1. The molecule has 1 aromatic carbocycles. The van der Waals surface area contributed by atoms with E-state index in [9.17, 15) is 5.11 Å². The van der Waals surface area contributed by atoms with Gasteiger partial charge in [-0.05, 0) is 68.8 Å². The zero-order chi connectivity index (χ0) is 16.2. The highest BCUT2D eigenvalue weighted by Gasteiger charge is 2.57. The summed E-state index contributed by atoms with van der Waals surface area (Å²) in [4.78, 5) is 2.60. The van der Waals surface area contributed by atoms with Crippen molar-refractivity contribution in [3.05, 3.63) is 42.0 Å². The normalized spacial score (nSPS) is 35.2. The van der Waals surface area contributed by atoms with Crippen LogP contribution in [0.4, 0.5) is 0 Å². The van der Waals surface area contributed by atoms with E-state index in [2.05, 4.69) is 31.4 Å². The smallest absolute Gasteiger partial charge is 0.115 e. The third-order valence-corrected chi connectivity index (χ3v) is 6.34. The minimum absolute atomic E-state index is 0.0576. The van der Waals surface area contributed by atoms with E-state index in [1.54, 1.807) is 0 Å². The molecule has 3 nitrogen and oxygen atoms in total. The molecule has 3 aliphatic rings. The second-order valence-electron chi connectivity index (χ2n) is 8.16. The van der Waals surface area contributed by atoms with Crippen LogP contribution >= 0.6 is 0 Å². The van der Waals surface area contributed by atoms with Crippen LogP contribution in [0, 0.1) is 5.92 Å². The summed E-state index contributed by atoms with van der Waals surface area (Å²) in [5, 5.41) is 10.0. The molecule has 1 N–H and O–H groups in total. The van der Waals surface area contributed by atoms with Gasteiger partial charge in [0.2, 0.25) is 0 Å². The van der Waals surface area contributed by atoms with Gasteiger partial charge < -0.3 is 9.84 Å². The Morgan fingerprint density at radius 2 is 2.26 bits per heavy atom. The van der Waals surface area contributed by atoms with Crippen LogP contribution in [-0.2, 0) is 16.6 Å². The van der Waals surface area contributed by atoms with Crippen molar-refractivity contribution in [2.24, 2.45) is 5.92 Å². The van der Waals surface area contributed by atoms with Crippen molar-refractivity contribution in [1.29, 1.82) is 0 Å². The molecule has 2 fully saturated rings. The molecule has 23 heavy (non-hydrogen) atoms. The maximum atomic E-state index is 10.0. The van der Waals surface area contributed by atoms with E-state index in [1.807, 2.05) is 18.2 Å². The Kier molecular flexibility index (Phi) is 3.37. The predicted octanol–water partition coefficient (Wildman–Crippen LogP) is 3.26. The van der Waals surface area contributed by atoms with Crippen LogP contribution in [0.5, 0.6) is 5.75 Å². The molecule has 1 aliphatic carbocycles. The number of aromatic hydroxyl groups is 1. The lowest BCUT2D eigenvalue weighted by Gasteiger charge is -2.61. The lowest BCUT2D eigenvalue weighted by molar-refractivity contribution is -0.154. The lowest BCUT2D eigenvalue weighted by Crippen LogP contribution is -2.65. The Labute approximate surface area is 139 Å². The highest BCUT2D eigenvalue weighted by molar-refractivity contribution is 5.45. The molecule has 0 amide bonds. The van der Waals surface area contributed by atoms with Gasteiger partial charge in [-0.25, -0.2) is 0 Å². The van der Waals surface area contributed by atoms with Gasteiger partial charge in [-0.2, -0.15) is 0 Å². The Hall–Kier alpha value is -1.32. The fourth-order valence-electron chi connectivity index (χ4n) is 5.25. The van der Waals surface area contributed by atoms with Crippen LogP contribution in [0.15, 0.2) is 30.9 Å². The third kappa shape index (κ3) is 2.25. The number of fused-ring (bicyclic) bond motifs is 1. The van der Waals surface area contributed by atoms with Gasteiger partial charge in [-0.15, -0.1) is 6.58 Å². The summed E-state index contributed by atoms with van der Waals surface area (Å²) >= 11 is 0. The molecule has 0 spiro atoms. The highest BCUT2D eigenvalue weighted by atomic mass is 16.5. The number of rotatable bonds is 2. The molecule has 124 valence electrons. The van der Waals surface area contributed by atoms with Crippen molar-refractivity contribution in [2.75, 3.05) is 19.7 Å². The Bertz CT molecular complexity index is 639. The van der Waals surface area contributed by atoms with Crippen LogP contribution in [0.2, 0.25) is 0 Å². The minimum atomic E-state index is -0.0576. The molecule has 2 saturated heterocycles. The molecule has 1 aromatic rings. The van der Waals surface area contributed by atoms with E-state index in [1.165, 1.54) is 11.1 Å². The van der Waals surface area contributed by atoms with Crippen molar-refractivity contribution in [1.82, 2.24) is 4.90 Å². The van der Waals surface area contributed by atoms with E-state index < -0.39 is 0 Å². The van der Waals surface area contributed by atoms with Crippen molar-refractivity contribution >= 4 is 0 Å². The summed E-state index contributed by atoms with van der Waals surface area (Å²) in [6.07, 6.45) is 5.30. The summed E-state index contributed by atoms with van der Waals surface area (Å²) in [6.45, 7) is 11.2. The predicted molar refractivity (Wildman–Crippen MR) is 91.8 cm³/mol. The van der Waals surface area contributed by atoms with Crippen LogP contribution < -0.4 is 0 Å². The summed E-state index contributed by atoms with van der Waals surface area (Å²) in [5.41, 5.74) is 2.75. The summed E-state index contributed by atoms with van der Waals surface area (Å²) < 4.78 is 6.28. The van der Waals surface area contributed by atoms with Crippen LogP contribution in [0.25, 0.3) is 0 Å². The Morgan fingerprint density at radius 3 is 3.04 bits per heavy atom. The number of ether oxygens (including phenoxy) is 1. The first-order valence-electron chi connectivity index (χ1n) is 8.76. The van der Waals surface area contributed by atoms with Crippen molar-refractivity contribution < 1.29 is 9.84 Å². The average Bonchev–Trinajstić information content (AvgIpc) is 2.50. The summed E-state index contributed by atoms with van der Waals surface area (Å²) in [5.74, 6) is 0.975. The number of phenols is 1. The number of likely N-dealkylation sites (tertiary alicyclic amines) is 1. The van der Waals surface area contributed by atoms with Crippen molar-refractivity contribution in [3.8, 4) is 5.75 Å². The molecule has 3 heteroatoms. The van der Waals surface area contributed by atoms with E-state index in [4.69, 9.17) is 4.74 Å². The average molecular weight is 313 g/mol. The van der Waals surface area contributed by atoms with Gasteiger partial charge in [0.15, 0.2) is 0 Å². The largest absolute Gasteiger partial charge is 0.508 e. The van der Waals surface area contributed by atoms with Gasteiger partial charge in [0.05, 0.1) is 12.2 Å². The third-order valence-electron chi connectivity index (χ3n) is 6.34. The van der Waals surface area contributed by atoms with E-state index >= 15 is 0 Å². The van der Waals surface area contributed by atoms with Crippen LogP contribution in [0.1, 0.15) is 37.8 Å². The first kappa shape index (κ1) is 15.2. The first-order valence-corrected chi connectivity index (χ1v) is 8.76. The molecule has 3 atom stereocenters. The van der Waals surface area contributed by atoms with E-state index in [0.29, 0.717) is 17.7 Å². The van der Waals surface area contributed by atoms with Gasteiger partial charge in [-0.1, -0.05) is 12.1 Å². The zero-order valence-electron chi connectivity index (χ0n) is 14.2. The number of phenolic OH excluding ortho intramolecular Hbond substituents is 1. The fourth-order valence-corrected chi connectivity index (χ4v) is 5.25. The molecule has 0 radical (unpaired) electrons. The topological polar surface area (TPSA) is 32.7 Å². The van der Waals surface area contributed by atoms with Crippen molar-refractivity contribution in [2.45, 2.75) is 50.2 Å². The van der Waals surface area contributed by atoms with Crippen molar-refractivity contribution in [3.63, 3.8) is 0 Å². The fraction of sp³-hybridized carbons (Fsp3) is 0.600. The molecule has 0 aromatic heterocycles. The maximum Gasteiger partial charge on any atom is 0.115 e. The molecule has 2 aliphatic heterocycles. The van der Waals surface area contributed by atoms with Gasteiger partial charge >= 0.3 is 0 Å². The molecule has 0 saturated carbocycles. The second-order valence-corrected chi connectivity index (χ2v) is 8.16. The summed E-state index contributed by atoms with van der Waals surface area (Å²) in [6, 6.07) is 6.51. The number of nitrogens with zero attached hydrogens (tertiary/aromatic N) is 1. The van der Waals surface area contributed by atoms with Crippen LogP contribution in [0.3, 0.4) is 0 Å². The standard InChI is InChI=1S/C20H27NO2/c1-4-8-21-9-7-20-13-23-19(2,3)12-17(20)18(21)10-14-5-6-15(22)11-16(14)20/h4-6,11,17-18,22H,1,7-10,12-13H2,2-3H3/t17-,18+,20+/m0/s1. The quantitative estimate of drug-likeness (QED) is 0.851. The van der Waals surface area contributed by atoms with Gasteiger partial charge in [0.1, 0.15) is 5.75 Å². The SMILES string of the molecule is C=CCN1CC[C@]23COC(C)(C)C[C@H]2[C@H]1Cc1ccc(O)cc13. The molecular weight excluding hydrogens is 286 g/mol. The molecule has 0 unspecified atom stereocenters. The molecule has 4 rings (SSSR count). The summed E-state index contributed by atoms with van der Waals surface area (Å²) in [7, 11) is 0. The Morgan fingerprint density at radius 1 is 1.43 bits per heavy atom. The van der Waals surface area contributed by atoms with Gasteiger partial charge in [0.25, 0.3) is 0 Å². The minimum Gasteiger partial charge on any atom is -0.508 e. The Balaban J connectivity index is 1.83. The zero-order valence-corrected chi connectivity index (χ0v) is 14.2. The first-order chi connectivity index (χ1) is 11.0. The number of hydrogen-bond acceptors (Lipinski definition) is 3. The maximum absolute atomic E-state index is 10.0.